The molecule has 0 fully saturated rings. The minimum Gasteiger partial charge on any atom is -0.489 e. The van der Waals surface area contributed by atoms with Crippen LogP contribution in [0.5, 0.6) is 11.5 Å². The SMILES string of the molecule is Cc1ccc(Cl)c(OCC(O)CNC(C)(C)C)c1.Cc1ccc(Cl)c(OCC(O)CNC(C)(C)C)c1. The van der Waals surface area contributed by atoms with E-state index in [1.165, 1.54) is 0 Å². The largest absolute Gasteiger partial charge is 0.489 e. The van der Waals surface area contributed by atoms with Gasteiger partial charge in [0, 0.05) is 24.2 Å². The first-order chi connectivity index (χ1) is 16.6. The van der Waals surface area contributed by atoms with Crippen LogP contribution in [0.4, 0.5) is 0 Å². The summed E-state index contributed by atoms with van der Waals surface area (Å²) in [7, 11) is 0. The lowest BCUT2D eigenvalue weighted by atomic mass is 10.1. The predicted molar refractivity (Wildman–Crippen MR) is 151 cm³/mol. The number of nitrogens with one attached hydrogen (secondary N) is 2. The number of benzene rings is 2. The van der Waals surface area contributed by atoms with Gasteiger partial charge in [-0.05, 0) is 90.8 Å². The van der Waals surface area contributed by atoms with Crippen molar-refractivity contribution >= 4 is 23.2 Å². The van der Waals surface area contributed by atoms with E-state index in [0.29, 0.717) is 34.6 Å². The van der Waals surface area contributed by atoms with Gasteiger partial charge in [0.2, 0.25) is 0 Å². The van der Waals surface area contributed by atoms with Crippen LogP contribution in [0.15, 0.2) is 36.4 Å². The van der Waals surface area contributed by atoms with Crippen molar-refractivity contribution in [1.29, 1.82) is 0 Å². The fourth-order valence-corrected chi connectivity index (χ4v) is 3.12. The minimum absolute atomic E-state index is 0.0119. The van der Waals surface area contributed by atoms with E-state index in [1.807, 2.05) is 38.1 Å². The topological polar surface area (TPSA) is 83.0 Å². The van der Waals surface area contributed by atoms with Gasteiger partial charge in [0.1, 0.15) is 36.9 Å². The number of aryl methyl sites for hydroxylation is 2. The van der Waals surface area contributed by atoms with Crippen LogP contribution in [-0.2, 0) is 0 Å². The van der Waals surface area contributed by atoms with E-state index < -0.39 is 12.2 Å². The maximum absolute atomic E-state index is 9.80. The summed E-state index contributed by atoms with van der Waals surface area (Å²) in [6.07, 6.45) is -1.11. The molecule has 0 heterocycles. The number of aliphatic hydroxyl groups is 2. The molecule has 0 aliphatic heterocycles. The van der Waals surface area contributed by atoms with Crippen molar-refractivity contribution in [1.82, 2.24) is 10.6 Å². The normalized spacial score (nSPS) is 13.4. The molecule has 0 saturated carbocycles. The van der Waals surface area contributed by atoms with E-state index in [1.54, 1.807) is 12.1 Å². The van der Waals surface area contributed by atoms with Gasteiger partial charge >= 0.3 is 0 Å². The van der Waals surface area contributed by atoms with Crippen LogP contribution in [0.1, 0.15) is 52.7 Å². The smallest absolute Gasteiger partial charge is 0.138 e. The lowest BCUT2D eigenvalue weighted by Crippen LogP contribution is -2.42. The van der Waals surface area contributed by atoms with Crippen molar-refractivity contribution in [2.75, 3.05) is 26.3 Å². The molecule has 4 N–H and O–H groups in total. The number of β-amino-alcohol motifs (C(OH)–C–C–N with tert-alkyl or cyclic N) is 2. The second-order valence-electron chi connectivity index (χ2n) is 11.1. The van der Waals surface area contributed by atoms with Crippen LogP contribution in [0.3, 0.4) is 0 Å². The average Bonchev–Trinajstić information content (AvgIpc) is 2.77. The summed E-state index contributed by atoms with van der Waals surface area (Å²) >= 11 is 12.0. The molecule has 0 saturated heterocycles. The molecule has 0 aliphatic carbocycles. The Morgan fingerprint density at radius 2 is 1.03 bits per heavy atom. The standard InChI is InChI=1S/2C14H22ClNO2/c2*1-10-5-6-12(15)13(7-10)18-9-11(17)8-16-14(2,3)4/h2*5-7,11,16-17H,8-9H2,1-4H3. The summed E-state index contributed by atoms with van der Waals surface area (Å²) in [5, 5.41) is 27.2. The molecule has 0 bridgehead atoms. The first-order valence-corrected chi connectivity index (χ1v) is 13.0. The highest BCUT2D eigenvalue weighted by atomic mass is 35.5. The second kappa shape index (κ2) is 15.0. The number of hydrogen-bond acceptors (Lipinski definition) is 6. The Kier molecular flexibility index (Phi) is 13.5. The molecule has 36 heavy (non-hydrogen) atoms. The van der Waals surface area contributed by atoms with Gasteiger partial charge in [-0.2, -0.15) is 0 Å². The Labute approximate surface area is 227 Å². The molecule has 2 aromatic rings. The lowest BCUT2D eigenvalue weighted by Gasteiger charge is -2.23. The van der Waals surface area contributed by atoms with Crippen molar-refractivity contribution in [2.24, 2.45) is 0 Å². The van der Waals surface area contributed by atoms with E-state index >= 15 is 0 Å². The molecule has 0 spiro atoms. The van der Waals surface area contributed by atoms with Gasteiger partial charge in [-0.1, -0.05) is 35.3 Å². The molecule has 2 rings (SSSR count). The lowest BCUT2D eigenvalue weighted by molar-refractivity contribution is 0.100. The van der Waals surface area contributed by atoms with Crippen molar-refractivity contribution in [2.45, 2.75) is 78.7 Å². The summed E-state index contributed by atoms with van der Waals surface area (Å²) in [5.74, 6) is 1.23. The number of rotatable bonds is 10. The van der Waals surface area contributed by atoms with Crippen molar-refractivity contribution in [3.8, 4) is 11.5 Å². The van der Waals surface area contributed by atoms with E-state index in [2.05, 4.69) is 52.2 Å². The molecule has 204 valence electrons. The molecule has 2 aromatic carbocycles. The van der Waals surface area contributed by atoms with Crippen LogP contribution in [0.25, 0.3) is 0 Å². The van der Waals surface area contributed by atoms with Gasteiger partial charge in [-0.3, -0.25) is 0 Å². The summed E-state index contributed by atoms with van der Waals surface area (Å²) < 4.78 is 11.0. The third kappa shape index (κ3) is 14.9. The van der Waals surface area contributed by atoms with Gasteiger partial charge in [-0.25, -0.2) is 0 Å². The number of halogens is 2. The van der Waals surface area contributed by atoms with Crippen LogP contribution in [0, 0.1) is 13.8 Å². The first-order valence-electron chi connectivity index (χ1n) is 12.2. The maximum Gasteiger partial charge on any atom is 0.138 e. The van der Waals surface area contributed by atoms with Gasteiger partial charge in [0.25, 0.3) is 0 Å². The molecule has 8 heteroatoms. The fraction of sp³-hybridized carbons (Fsp3) is 0.571. The molecule has 6 nitrogen and oxygen atoms in total. The van der Waals surface area contributed by atoms with Gasteiger partial charge < -0.3 is 30.3 Å². The van der Waals surface area contributed by atoms with Crippen molar-refractivity contribution in [3.05, 3.63) is 57.6 Å². The molecular weight excluding hydrogens is 499 g/mol. The summed E-state index contributed by atoms with van der Waals surface area (Å²) in [5.41, 5.74) is 2.14. The zero-order valence-electron chi connectivity index (χ0n) is 22.9. The molecular formula is C28H44Cl2N2O4. The molecule has 0 aromatic heterocycles. The molecule has 0 radical (unpaired) electrons. The summed E-state index contributed by atoms with van der Waals surface area (Å²) in [4.78, 5) is 0. The highest BCUT2D eigenvalue weighted by molar-refractivity contribution is 6.32. The third-order valence-electron chi connectivity index (χ3n) is 4.77. The minimum atomic E-state index is -0.555. The zero-order valence-corrected chi connectivity index (χ0v) is 24.4. The zero-order chi connectivity index (χ0) is 27.5. The fourth-order valence-electron chi connectivity index (χ4n) is 2.78. The molecule has 0 aliphatic rings. The van der Waals surface area contributed by atoms with E-state index in [-0.39, 0.29) is 24.3 Å². The van der Waals surface area contributed by atoms with Gasteiger partial charge in [0.15, 0.2) is 0 Å². The first kappa shape index (κ1) is 32.5. The highest BCUT2D eigenvalue weighted by Crippen LogP contribution is 2.26. The highest BCUT2D eigenvalue weighted by Gasteiger charge is 2.14. The monoisotopic (exact) mass is 542 g/mol. The Morgan fingerprint density at radius 3 is 1.33 bits per heavy atom. The average molecular weight is 544 g/mol. The molecule has 2 atom stereocenters. The van der Waals surface area contributed by atoms with Crippen LogP contribution in [0.2, 0.25) is 10.0 Å². The quantitative estimate of drug-likeness (QED) is 0.315. The van der Waals surface area contributed by atoms with Gasteiger partial charge in [0.05, 0.1) is 10.0 Å². The van der Waals surface area contributed by atoms with Crippen LogP contribution >= 0.6 is 23.2 Å². The number of hydrogen-bond donors (Lipinski definition) is 4. The van der Waals surface area contributed by atoms with E-state index in [0.717, 1.165) is 11.1 Å². The van der Waals surface area contributed by atoms with E-state index in [4.69, 9.17) is 32.7 Å². The summed E-state index contributed by atoms with van der Waals surface area (Å²) in [6, 6.07) is 11.2. The van der Waals surface area contributed by atoms with Crippen molar-refractivity contribution in [3.63, 3.8) is 0 Å². The Balaban J connectivity index is 0.000000360. The second-order valence-corrected chi connectivity index (χ2v) is 11.9. The van der Waals surface area contributed by atoms with Crippen molar-refractivity contribution < 1.29 is 19.7 Å². The van der Waals surface area contributed by atoms with Crippen LogP contribution < -0.4 is 20.1 Å². The summed E-state index contributed by atoms with van der Waals surface area (Å²) in [6.45, 7) is 17.7. The van der Waals surface area contributed by atoms with E-state index in [9.17, 15) is 10.2 Å². The number of ether oxygens (including phenoxy) is 2. The van der Waals surface area contributed by atoms with Crippen LogP contribution in [-0.4, -0.2) is 59.8 Å². The third-order valence-corrected chi connectivity index (χ3v) is 5.40. The Hall–Kier alpha value is -1.54. The van der Waals surface area contributed by atoms with Gasteiger partial charge in [-0.15, -0.1) is 0 Å². The Morgan fingerprint density at radius 1 is 0.694 bits per heavy atom. The molecule has 0 amide bonds. The maximum atomic E-state index is 9.80. The Bertz CT molecular complexity index is 851. The number of aliphatic hydroxyl groups excluding tert-OH is 2. The molecule has 2 unspecified atom stereocenters. The predicted octanol–water partition coefficient (Wildman–Crippen LogP) is 5.55.